The number of hydrogen-bond donors (Lipinski definition) is 2. The van der Waals surface area contributed by atoms with Gasteiger partial charge in [0.1, 0.15) is 0 Å². The van der Waals surface area contributed by atoms with Gasteiger partial charge in [-0.3, -0.25) is 14.4 Å². The van der Waals surface area contributed by atoms with Gasteiger partial charge >= 0.3 is 11.9 Å². The van der Waals surface area contributed by atoms with Crippen molar-refractivity contribution >= 4 is 17.8 Å². The average molecular weight is 357 g/mol. The van der Waals surface area contributed by atoms with E-state index in [1.165, 1.54) is 32.1 Å². The van der Waals surface area contributed by atoms with Crippen LogP contribution in [0.4, 0.5) is 0 Å². The molecule has 3 N–H and O–H groups in total. The maximum atomic E-state index is 11.4. The lowest BCUT2D eigenvalue weighted by molar-refractivity contribution is -0.158. The van der Waals surface area contributed by atoms with Gasteiger partial charge in [0.15, 0.2) is 0 Å². The van der Waals surface area contributed by atoms with Crippen molar-refractivity contribution in [1.82, 2.24) is 5.32 Å². The fourth-order valence-corrected chi connectivity index (χ4v) is 2.54. The molecule has 0 bridgehead atoms. The van der Waals surface area contributed by atoms with E-state index in [0.717, 1.165) is 45.1 Å². The van der Waals surface area contributed by atoms with E-state index in [1.807, 2.05) is 0 Å². The number of carbonyl (C=O) groups excluding carboxylic acids is 3. The third-order valence-electron chi connectivity index (χ3n) is 4.00. The van der Waals surface area contributed by atoms with Crippen molar-refractivity contribution in [3.05, 3.63) is 0 Å². The highest BCUT2D eigenvalue weighted by molar-refractivity contribution is 5.86. The van der Waals surface area contributed by atoms with Crippen molar-refractivity contribution in [3.8, 4) is 0 Å². The van der Waals surface area contributed by atoms with Crippen LogP contribution in [0.3, 0.4) is 0 Å². The molecule has 6 nitrogen and oxygen atoms in total. The lowest BCUT2D eigenvalue weighted by Gasteiger charge is -2.04. The van der Waals surface area contributed by atoms with Crippen LogP contribution in [-0.2, 0) is 19.1 Å². The number of carbonyl (C=O) groups is 3. The normalized spacial score (nSPS) is 10.5. The maximum Gasteiger partial charge on any atom is 0.327 e. The molecule has 0 heterocycles. The zero-order valence-electron chi connectivity index (χ0n) is 15.8. The summed E-state index contributed by atoms with van der Waals surface area (Å²) in [6.07, 6.45) is 12.9. The second-order valence-corrected chi connectivity index (χ2v) is 6.44. The van der Waals surface area contributed by atoms with E-state index < -0.39 is 11.9 Å². The highest BCUT2D eigenvalue weighted by Crippen LogP contribution is 2.12. The molecule has 1 amide bonds. The molecule has 0 saturated carbocycles. The summed E-state index contributed by atoms with van der Waals surface area (Å²) < 4.78 is 4.50. The molecular weight excluding hydrogens is 320 g/mol. The Morgan fingerprint density at radius 2 is 1.24 bits per heavy atom. The van der Waals surface area contributed by atoms with Gasteiger partial charge in [0.05, 0.1) is 6.54 Å². The summed E-state index contributed by atoms with van der Waals surface area (Å²) in [5.74, 6) is -0.955. The Kier molecular flexibility index (Phi) is 16.4. The molecule has 0 aromatic rings. The highest BCUT2D eigenvalue weighted by atomic mass is 16.6. The Labute approximate surface area is 152 Å². The van der Waals surface area contributed by atoms with Gasteiger partial charge in [-0.15, -0.1) is 0 Å². The zero-order valence-corrected chi connectivity index (χ0v) is 15.8. The second-order valence-electron chi connectivity index (χ2n) is 6.44. The molecule has 0 rings (SSSR count). The molecule has 0 aromatic heterocycles. The largest absolute Gasteiger partial charge is 0.392 e. The first-order chi connectivity index (χ1) is 12.1. The summed E-state index contributed by atoms with van der Waals surface area (Å²) in [4.78, 5) is 33.5. The third-order valence-corrected chi connectivity index (χ3v) is 4.00. The van der Waals surface area contributed by atoms with Crippen molar-refractivity contribution in [2.24, 2.45) is 5.73 Å². The van der Waals surface area contributed by atoms with Crippen molar-refractivity contribution in [1.29, 1.82) is 0 Å². The standard InChI is InChI=1S/C19H36N2O4/c1-2-15-21-17(22)13-11-9-7-5-3-4-6-8-10-12-14-18(23)25-19(24)16-20/h2-16,20H2,1H3,(H,21,22). The Bertz CT molecular complexity index is 372. The zero-order chi connectivity index (χ0) is 18.8. The van der Waals surface area contributed by atoms with Gasteiger partial charge in [0, 0.05) is 19.4 Å². The minimum Gasteiger partial charge on any atom is -0.392 e. The molecule has 0 aliphatic heterocycles. The van der Waals surface area contributed by atoms with Crippen LogP contribution in [-0.4, -0.2) is 30.9 Å². The molecule has 6 heteroatoms. The van der Waals surface area contributed by atoms with E-state index in [4.69, 9.17) is 5.73 Å². The molecule has 25 heavy (non-hydrogen) atoms. The molecule has 0 aliphatic rings. The fraction of sp³-hybridized carbons (Fsp3) is 0.842. The van der Waals surface area contributed by atoms with Crippen LogP contribution in [0, 0.1) is 0 Å². The van der Waals surface area contributed by atoms with Crippen molar-refractivity contribution in [2.45, 2.75) is 90.4 Å². The first-order valence-electron chi connectivity index (χ1n) is 9.80. The number of ether oxygens (including phenoxy) is 1. The number of hydrogen-bond acceptors (Lipinski definition) is 5. The molecule has 0 unspecified atom stereocenters. The van der Waals surface area contributed by atoms with Crippen LogP contribution in [0.15, 0.2) is 0 Å². The summed E-state index contributed by atoms with van der Waals surface area (Å²) in [5, 5.41) is 2.90. The number of nitrogens with two attached hydrogens (primary N) is 1. The van der Waals surface area contributed by atoms with Crippen LogP contribution in [0.1, 0.15) is 90.4 Å². The van der Waals surface area contributed by atoms with E-state index >= 15 is 0 Å². The fourth-order valence-electron chi connectivity index (χ4n) is 2.54. The first kappa shape index (κ1) is 23.6. The van der Waals surface area contributed by atoms with Gasteiger partial charge in [-0.05, 0) is 19.3 Å². The van der Waals surface area contributed by atoms with Crippen molar-refractivity contribution in [2.75, 3.05) is 13.1 Å². The predicted molar refractivity (Wildman–Crippen MR) is 98.9 cm³/mol. The Morgan fingerprint density at radius 1 is 0.760 bits per heavy atom. The number of unbranched alkanes of at least 4 members (excludes halogenated alkanes) is 9. The minimum absolute atomic E-state index is 0.179. The Hall–Kier alpha value is -1.43. The summed E-state index contributed by atoms with van der Waals surface area (Å²) in [6.45, 7) is 2.59. The van der Waals surface area contributed by atoms with Gasteiger partial charge in [-0.1, -0.05) is 58.3 Å². The van der Waals surface area contributed by atoms with Gasteiger partial charge in [0.2, 0.25) is 5.91 Å². The summed E-state index contributed by atoms with van der Waals surface area (Å²) in [7, 11) is 0. The van der Waals surface area contributed by atoms with Crippen LogP contribution < -0.4 is 11.1 Å². The van der Waals surface area contributed by atoms with E-state index in [-0.39, 0.29) is 18.9 Å². The molecule has 146 valence electrons. The van der Waals surface area contributed by atoms with E-state index in [1.54, 1.807) is 0 Å². The number of amides is 1. The molecule has 0 fully saturated rings. The van der Waals surface area contributed by atoms with Gasteiger partial charge in [-0.25, -0.2) is 0 Å². The lowest BCUT2D eigenvalue weighted by Crippen LogP contribution is -2.23. The monoisotopic (exact) mass is 356 g/mol. The van der Waals surface area contributed by atoms with Gasteiger partial charge < -0.3 is 15.8 Å². The topological polar surface area (TPSA) is 98.5 Å². The Morgan fingerprint density at radius 3 is 1.72 bits per heavy atom. The molecule has 0 saturated heterocycles. The van der Waals surface area contributed by atoms with E-state index in [9.17, 15) is 14.4 Å². The average Bonchev–Trinajstić information content (AvgIpc) is 2.60. The van der Waals surface area contributed by atoms with E-state index in [0.29, 0.717) is 6.42 Å². The molecule has 0 radical (unpaired) electrons. The quantitative estimate of drug-likeness (QED) is 0.251. The van der Waals surface area contributed by atoms with Crippen LogP contribution in [0.5, 0.6) is 0 Å². The van der Waals surface area contributed by atoms with Gasteiger partial charge in [-0.2, -0.15) is 0 Å². The van der Waals surface area contributed by atoms with Crippen LogP contribution in [0.2, 0.25) is 0 Å². The van der Waals surface area contributed by atoms with E-state index in [2.05, 4.69) is 17.0 Å². The molecule has 0 aromatic carbocycles. The third kappa shape index (κ3) is 17.2. The second kappa shape index (κ2) is 17.4. The summed E-state index contributed by atoms with van der Waals surface area (Å²) in [5.41, 5.74) is 5.07. The van der Waals surface area contributed by atoms with Crippen LogP contribution >= 0.6 is 0 Å². The lowest BCUT2D eigenvalue weighted by atomic mass is 10.1. The Balaban J connectivity index is 3.22. The smallest absolute Gasteiger partial charge is 0.327 e. The van der Waals surface area contributed by atoms with Crippen molar-refractivity contribution < 1.29 is 19.1 Å². The molecule has 0 atom stereocenters. The maximum absolute atomic E-state index is 11.4. The summed E-state index contributed by atoms with van der Waals surface area (Å²) >= 11 is 0. The predicted octanol–water partition coefficient (Wildman–Crippen LogP) is 3.22. The highest BCUT2D eigenvalue weighted by Gasteiger charge is 2.07. The number of nitrogens with one attached hydrogen (secondary N) is 1. The minimum atomic E-state index is -0.661. The van der Waals surface area contributed by atoms with Crippen LogP contribution in [0.25, 0.3) is 0 Å². The van der Waals surface area contributed by atoms with Gasteiger partial charge in [0.25, 0.3) is 0 Å². The SMILES string of the molecule is CCCNC(=O)CCCCCCCCCCCCC(=O)OC(=O)CN. The van der Waals surface area contributed by atoms with Crippen molar-refractivity contribution in [3.63, 3.8) is 0 Å². The number of rotatable bonds is 16. The first-order valence-corrected chi connectivity index (χ1v) is 9.80. The molecular formula is C19H36N2O4. The molecule has 0 aliphatic carbocycles. The molecule has 0 spiro atoms. The summed E-state index contributed by atoms with van der Waals surface area (Å²) in [6, 6.07) is 0. The number of esters is 2.